The molecule has 7 nitrogen and oxygen atoms in total. The first-order valence-electron chi connectivity index (χ1n) is 8.48. The van der Waals surface area contributed by atoms with Crippen LogP contribution in [0.4, 0.5) is 0 Å². The summed E-state index contributed by atoms with van der Waals surface area (Å²) in [4.78, 5) is 36.0. The van der Waals surface area contributed by atoms with Gasteiger partial charge in [0.25, 0.3) is 0 Å². The lowest BCUT2D eigenvalue weighted by molar-refractivity contribution is -0.141. The van der Waals surface area contributed by atoms with Crippen molar-refractivity contribution in [2.45, 2.75) is 44.8 Å². The highest BCUT2D eigenvalue weighted by Crippen LogP contribution is 2.07. The first kappa shape index (κ1) is 22.0. The van der Waals surface area contributed by atoms with Crippen LogP contribution in [-0.4, -0.2) is 46.8 Å². The molecule has 0 saturated heterocycles. The molecule has 0 saturated carbocycles. The van der Waals surface area contributed by atoms with E-state index in [2.05, 4.69) is 23.3 Å². The van der Waals surface area contributed by atoms with E-state index in [0.717, 1.165) is 5.56 Å². The Balaban J connectivity index is 2.89. The van der Waals surface area contributed by atoms with Gasteiger partial charge in [-0.05, 0) is 17.9 Å². The van der Waals surface area contributed by atoms with Gasteiger partial charge in [-0.15, -0.1) is 0 Å². The molecule has 0 bridgehead atoms. The Hall–Kier alpha value is -2.06. The lowest BCUT2D eigenvalue weighted by Crippen LogP contribution is -2.55. The maximum Gasteiger partial charge on any atom is 0.327 e. The van der Waals surface area contributed by atoms with Crippen LogP contribution >= 0.6 is 12.6 Å². The number of benzene rings is 1. The quantitative estimate of drug-likeness (QED) is 0.380. The lowest BCUT2D eigenvalue weighted by atomic mass is 10.0. The summed E-state index contributed by atoms with van der Waals surface area (Å²) >= 11 is 3.93. The van der Waals surface area contributed by atoms with Crippen molar-refractivity contribution in [1.82, 2.24) is 10.6 Å². The summed E-state index contributed by atoms with van der Waals surface area (Å²) in [5.41, 5.74) is 6.72. The smallest absolute Gasteiger partial charge is 0.327 e. The second-order valence-electron chi connectivity index (χ2n) is 6.57. The van der Waals surface area contributed by atoms with Crippen molar-refractivity contribution in [2.75, 3.05) is 5.75 Å². The molecule has 8 heteroatoms. The fourth-order valence-electron chi connectivity index (χ4n) is 2.41. The topological polar surface area (TPSA) is 122 Å². The molecule has 0 aliphatic heterocycles. The molecule has 1 aromatic rings. The number of amides is 2. The Morgan fingerprint density at radius 3 is 2.15 bits per heavy atom. The summed E-state index contributed by atoms with van der Waals surface area (Å²) < 4.78 is 0. The van der Waals surface area contributed by atoms with Crippen LogP contribution in [-0.2, 0) is 20.8 Å². The second-order valence-corrected chi connectivity index (χ2v) is 6.93. The van der Waals surface area contributed by atoms with Gasteiger partial charge in [0.15, 0.2) is 0 Å². The monoisotopic (exact) mass is 381 g/mol. The van der Waals surface area contributed by atoms with Crippen LogP contribution < -0.4 is 16.4 Å². The summed E-state index contributed by atoms with van der Waals surface area (Å²) in [6.45, 7) is 3.90. The Morgan fingerprint density at radius 2 is 1.65 bits per heavy atom. The van der Waals surface area contributed by atoms with Crippen molar-refractivity contribution in [2.24, 2.45) is 11.7 Å². The summed E-state index contributed by atoms with van der Waals surface area (Å²) in [5.74, 6) is -2.03. The molecule has 1 rings (SSSR count). The number of hydrogen-bond donors (Lipinski definition) is 5. The van der Waals surface area contributed by atoms with Gasteiger partial charge in [-0.3, -0.25) is 9.59 Å². The van der Waals surface area contributed by atoms with Gasteiger partial charge in [-0.2, -0.15) is 12.6 Å². The first-order chi connectivity index (χ1) is 12.2. The molecule has 0 radical (unpaired) electrons. The van der Waals surface area contributed by atoms with Crippen molar-refractivity contribution in [3.8, 4) is 0 Å². The van der Waals surface area contributed by atoms with E-state index >= 15 is 0 Å². The predicted molar refractivity (Wildman–Crippen MR) is 103 cm³/mol. The Morgan fingerprint density at radius 1 is 1.08 bits per heavy atom. The van der Waals surface area contributed by atoms with Gasteiger partial charge in [0.2, 0.25) is 11.8 Å². The minimum Gasteiger partial charge on any atom is -0.480 e. The number of hydrogen-bond acceptors (Lipinski definition) is 5. The average Bonchev–Trinajstić information content (AvgIpc) is 2.58. The largest absolute Gasteiger partial charge is 0.480 e. The zero-order valence-electron chi connectivity index (χ0n) is 15.0. The van der Waals surface area contributed by atoms with Gasteiger partial charge in [0.05, 0.1) is 6.04 Å². The molecule has 3 unspecified atom stereocenters. The number of carboxylic acids is 1. The van der Waals surface area contributed by atoms with Gasteiger partial charge in [-0.1, -0.05) is 44.2 Å². The molecule has 5 N–H and O–H groups in total. The maximum atomic E-state index is 12.5. The first-order valence-corrected chi connectivity index (χ1v) is 9.11. The van der Waals surface area contributed by atoms with Crippen molar-refractivity contribution >= 4 is 30.4 Å². The molecule has 0 aliphatic rings. The van der Waals surface area contributed by atoms with E-state index in [1.165, 1.54) is 0 Å². The third kappa shape index (κ3) is 7.45. The summed E-state index contributed by atoms with van der Waals surface area (Å²) in [6.07, 6.45) is 0.714. The van der Waals surface area contributed by atoms with Crippen molar-refractivity contribution in [1.29, 1.82) is 0 Å². The zero-order valence-corrected chi connectivity index (χ0v) is 15.9. The highest BCUT2D eigenvalue weighted by atomic mass is 32.1. The van der Waals surface area contributed by atoms with Crippen LogP contribution in [0.15, 0.2) is 30.3 Å². The molecular weight excluding hydrogens is 354 g/mol. The normalized spacial score (nSPS) is 14.3. The van der Waals surface area contributed by atoms with E-state index in [4.69, 9.17) is 10.8 Å². The van der Waals surface area contributed by atoms with Gasteiger partial charge >= 0.3 is 5.97 Å². The number of carboxylic acid groups (broad SMARTS) is 1. The predicted octanol–water partition coefficient (Wildman–Crippen LogP) is 0.587. The number of carbonyl (C=O) groups excluding carboxylic acids is 2. The Kier molecular flexibility index (Phi) is 9.15. The van der Waals surface area contributed by atoms with Crippen LogP contribution in [0.1, 0.15) is 25.8 Å². The summed E-state index contributed by atoms with van der Waals surface area (Å²) in [6, 6.07) is 6.35. The Labute approximate surface area is 159 Å². The number of carbonyl (C=O) groups is 3. The van der Waals surface area contributed by atoms with Gasteiger partial charge in [0.1, 0.15) is 12.1 Å². The second kappa shape index (κ2) is 10.8. The fraction of sp³-hybridized carbons (Fsp3) is 0.500. The lowest BCUT2D eigenvalue weighted by Gasteiger charge is -2.23. The molecule has 0 spiro atoms. The minimum absolute atomic E-state index is 0.0556. The van der Waals surface area contributed by atoms with Gasteiger partial charge < -0.3 is 21.5 Å². The van der Waals surface area contributed by atoms with Crippen molar-refractivity contribution in [3.05, 3.63) is 35.9 Å². The van der Waals surface area contributed by atoms with Crippen LogP contribution in [0.5, 0.6) is 0 Å². The van der Waals surface area contributed by atoms with Crippen LogP contribution in [0, 0.1) is 5.92 Å². The number of thiol groups is 1. The number of aliphatic carboxylic acids is 1. The molecule has 3 atom stereocenters. The molecule has 2 amide bonds. The number of rotatable bonds is 10. The van der Waals surface area contributed by atoms with Crippen LogP contribution in [0.2, 0.25) is 0 Å². The van der Waals surface area contributed by atoms with Crippen LogP contribution in [0.3, 0.4) is 0 Å². The van der Waals surface area contributed by atoms with Crippen molar-refractivity contribution in [3.63, 3.8) is 0 Å². The highest BCUT2D eigenvalue weighted by Gasteiger charge is 2.27. The molecule has 1 aromatic carbocycles. The Bertz CT molecular complexity index is 610. The molecule has 144 valence electrons. The van der Waals surface area contributed by atoms with E-state index in [1.54, 1.807) is 0 Å². The number of nitrogens with one attached hydrogen (secondary N) is 2. The molecule has 0 fully saturated rings. The summed E-state index contributed by atoms with van der Waals surface area (Å²) in [7, 11) is 0. The van der Waals surface area contributed by atoms with Gasteiger partial charge in [0, 0.05) is 12.2 Å². The highest BCUT2D eigenvalue weighted by molar-refractivity contribution is 7.80. The average molecular weight is 381 g/mol. The molecule has 0 heterocycles. The van der Waals surface area contributed by atoms with E-state index in [-0.39, 0.29) is 18.1 Å². The minimum atomic E-state index is -1.19. The molecule has 26 heavy (non-hydrogen) atoms. The van der Waals surface area contributed by atoms with Gasteiger partial charge in [-0.25, -0.2) is 4.79 Å². The molecule has 0 aliphatic carbocycles. The fourth-order valence-corrected chi connectivity index (χ4v) is 2.66. The third-order valence-electron chi connectivity index (χ3n) is 3.77. The number of nitrogens with two attached hydrogens (primary N) is 1. The van der Waals surface area contributed by atoms with Crippen LogP contribution in [0.25, 0.3) is 0 Å². The summed E-state index contributed by atoms with van der Waals surface area (Å²) in [5, 5.41) is 14.1. The van der Waals surface area contributed by atoms with E-state index in [9.17, 15) is 14.4 Å². The maximum absolute atomic E-state index is 12.5. The molecule has 0 aromatic heterocycles. The van der Waals surface area contributed by atoms with E-state index in [1.807, 2.05) is 44.2 Å². The van der Waals surface area contributed by atoms with Crippen molar-refractivity contribution < 1.29 is 19.5 Å². The van der Waals surface area contributed by atoms with E-state index in [0.29, 0.717) is 6.42 Å². The third-order valence-corrected chi connectivity index (χ3v) is 4.14. The standard InChI is InChI=1S/C18H27N3O4S/c1-11(2)8-13(19)16(22)20-14(9-12-6-4-3-5-7-12)17(23)21-15(10-26)18(24)25/h3-7,11,13-15,26H,8-10,19H2,1-2H3,(H,20,22)(H,21,23)(H,24,25). The zero-order chi connectivity index (χ0) is 19.7. The molecular formula is C18H27N3O4S. The SMILES string of the molecule is CC(C)CC(N)C(=O)NC(Cc1ccccc1)C(=O)NC(CS)C(=O)O. The van der Waals surface area contributed by atoms with E-state index < -0.39 is 35.9 Å².